The number of rotatable bonds is 13. The summed E-state index contributed by atoms with van der Waals surface area (Å²) in [5, 5.41) is 19.7. The third-order valence-corrected chi connectivity index (χ3v) is 9.96. The number of anilines is 2. The first-order chi connectivity index (χ1) is 23.7. The highest BCUT2D eigenvalue weighted by Gasteiger charge is 2.25. The first kappa shape index (κ1) is 36.8. The van der Waals surface area contributed by atoms with Crippen LogP contribution in [0.2, 0.25) is 10.0 Å². The monoisotopic (exact) mass is 718 g/mol. The van der Waals surface area contributed by atoms with E-state index in [0.717, 1.165) is 67.4 Å². The minimum atomic E-state index is -1.04. The summed E-state index contributed by atoms with van der Waals surface area (Å²) in [5.41, 5.74) is 8.48. The Kier molecular flexibility index (Phi) is 11.2. The Morgan fingerprint density at radius 3 is 2.30 bits per heavy atom. The molecule has 0 unspecified atom stereocenters. The van der Waals surface area contributed by atoms with Crippen molar-refractivity contribution in [3.8, 4) is 16.9 Å². The lowest BCUT2D eigenvalue weighted by Gasteiger charge is -2.24. The molecule has 0 aliphatic heterocycles. The lowest BCUT2D eigenvalue weighted by Crippen LogP contribution is -2.29. The third-order valence-electron chi connectivity index (χ3n) is 9.05. The quantitative estimate of drug-likeness (QED) is 0.106. The van der Waals surface area contributed by atoms with Gasteiger partial charge in [0.15, 0.2) is 0 Å². The van der Waals surface area contributed by atoms with Gasteiger partial charge >= 0.3 is 5.97 Å². The topological polar surface area (TPSA) is 116 Å². The molecule has 0 spiro atoms. The van der Waals surface area contributed by atoms with Crippen LogP contribution in [0.4, 0.5) is 11.4 Å². The fourth-order valence-corrected chi connectivity index (χ4v) is 6.69. The standard InChI is InChI=1S/C38H44Cl2N6O4/c1-21-18-26(19-22(2)34(21)40)50-17-9-10-27-28-13-14-30(39)33(32-23(3)43-46(8)24(32)4)35(28)42-36(27)37(47)41-25-11-12-29(38(48)49)31(20-25)45(7)16-15-44(5)6/h11-14,18-20,42H,9-10,15-17H2,1-8H3,(H,41,47)(H,48,49). The number of aromatic carboxylic acids is 1. The van der Waals surface area contributed by atoms with Gasteiger partial charge in [-0.25, -0.2) is 4.79 Å². The molecule has 12 heteroatoms. The van der Waals surface area contributed by atoms with Crippen molar-refractivity contribution in [2.24, 2.45) is 7.05 Å². The molecule has 0 aliphatic carbocycles. The number of aryl methyl sites for hydroxylation is 5. The van der Waals surface area contributed by atoms with Crippen LogP contribution in [-0.4, -0.2) is 77.5 Å². The Morgan fingerprint density at radius 2 is 1.68 bits per heavy atom. The number of carbonyl (C=O) groups is 2. The molecule has 5 rings (SSSR count). The second kappa shape index (κ2) is 15.2. The van der Waals surface area contributed by atoms with Crippen molar-refractivity contribution >= 4 is 57.4 Å². The zero-order chi connectivity index (χ0) is 36.4. The van der Waals surface area contributed by atoms with E-state index in [0.29, 0.717) is 48.1 Å². The number of nitrogens with one attached hydrogen (secondary N) is 2. The van der Waals surface area contributed by atoms with Gasteiger partial charge in [-0.2, -0.15) is 5.10 Å². The van der Waals surface area contributed by atoms with E-state index in [1.165, 1.54) is 6.07 Å². The number of likely N-dealkylation sites (N-methyl/N-ethyl adjacent to an activating group) is 2. The number of aromatic amines is 1. The number of hydrogen-bond acceptors (Lipinski definition) is 6. The van der Waals surface area contributed by atoms with Crippen LogP contribution in [0.3, 0.4) is 0 Å². The first-order valence-electron chi connectivity index (χ1n) is 16.5. The SMILES string of the molecule is Cc1cc(OCCCc2c(C(=O)Nc3ccc(C(=O)O)c(N(C)CCN(C)C)c3)[nH]c3c(-c4c(C)nn(C)c4C)c(Cl)ccc23)cc(C)c1Cl. The van der Waals surface area contributed by atoms with Crippen molar-refractivity contribution in [3.63, 3.8) is 0 Å². The molecule has 5 aromatic rings. The van der Waals surface area contributed by atoms with Gasteiger partial charge in [0.25, 0.3) is 5.91 Å². The molecule has 2 aromatic heterocycles. The number of benzene rings is 3. The van der Waals surface area contributed by atoms with Crippen LogP contribution in [-0.2, 0) is 13.5 Å². The molecule has 1 amide bonds. The van der Waals surface area contributed by atoms with Gasteiger partial charge in [0.2, 0.25) is 0 Å². The van der Waals surface area contributed by atoms with Crippen molar-refractivity contribution in [1.29, 1.82) is 0 Å². The van der Waals surface area contributed by atoms with Crippen molar-refractivity contribution < 1.29 is 19.4 Å². The molecule has 0 saturated heterocycles. The van der Waals surface area contributed by atoms with Gasteiger partial charge in [0.05, 0.1) is 34.1 Å². The van der Waals surface area contributed by atoms with E-state index >= 15 is 0 Å². The van der Waals surface area contributed by atoms with Gasteiger partial charge in [-0.05, 0) is 108 Å². The van der Waals surface area contributed by atoms with Gasteiger partial charge in [0.1, 0.15) is 11.4 Å². The van der Waals surface area contributed by atoms with Crippen LogP contribution in [0.25, 0.3) is 22.0 Å². The third kappa shape index (κ3) is 7.62. The van der Waals surface area contributed by atoms with Gasteiger partial charge in [-0.3, -0.25) is 9.48 Å². The number of amides is 1. The molecule has 0 bridgehead atoms. The van der Waals surface area contributed by atoms with Gasteiger partial charge in [-0.1, -0.05) is 29.3 Å². The lowest BCUT2D eigenvalue weighted by atomic mass is 9.98. The predicted octanol–water partition coefficient (Wildman–Crippen LogP) is 8.07. The summed E-state index contributed by atoms with van der Waals surface area (Å²) in [7, 11) is 7.66. The average molecular weight is 720 g/mol. The van der Waals surface area contributed by atoms with E-state index in [9.17, 15) is 14.7 Å². The Balaban J connectivity index is 1.52. The van der Waals surface area contributed by atoms with E-state index in [4.69, 9.17) is 27.9 Å². The van der Waals surface area contributed by atoms with Crippen molar-refractivity contribution in [2.45, 2.75) is 40.5 Å². The lowest BCUT2D eigenvalue weighted by molar-refractivity contribution is 0.0697. The number of carboxylic acid groups (broad SMARTS) is 1. The fraction of sp³-hybridized carbons (Fsp3) is 0.342. The molecule has 0 aliphatic rings. The molecule has 0 radical (unpaired) electrons. The van der Waals surface area contributed by atoms with E-state index in [2.05, 4.69) is 15.4 Å². The minimum Gasteiger partial charge on any atom is -0.494 e. The van der Waals surface area contributed by atoms with E-state index in [-0.39, 0.29) is 11.5 Å². The van der Waals surface area contributed by atoms with Crippen molar-refractivity contribution in [1.82, 2.24) is 19.7 Å². The fourth-order valence-electron chi connectivity index (χ4n) is 6.33. The normalized spacial score (nSPS) is 11.4. The zero-order valence-corrected chi connectivity index (χ0v) is 31.3. The van der Waals surface area contributed by atoms with Crippen molar-refractivity contribution in [2.75, 3.05) is 51.1 Å². The summed E-state index contributed by atoms with van der Waals surface area (Å²) in [5.74, 6) is -0.647. The molecule has 264 valence electrons. The molecular weight excluding hydrogens is 675 g/mol. The second-order valence-electron chi connectivity index (χ2n) is 13.0. The molecule has 3 aromatic carbocycles. The van der Waals surface area contributed by atoms with Crippen molar-refractivity contribution in [3.05, 3.63) is 91.8 Å². The first-order valence-corrected chi connectivity index (χ1v) is 17.2. The number of aromatic nitrogens is 3. The summed E-state index contributed by atoms with van der Waals surface area (Å²) in [6.45, 7) is 9.60. The highest BCUT2D eigenvalue weighted by molar-refractivity contribution is 6.35. The van der Waals surface area contributed by atoms with Gasteiger partial charge in [0, 0.05) is 60.1 Å². The summed E-state index contributed by atoms with van der Waals surface area (Å²) in [6, 6.07) is 12.5. The molecule has 50 heavy (non-hydrogen) atoms. The van der Waals surface area contributed by atoms with E-state index in [1.54, 1.807) is 12.1 Å². The largest absolute Gasteiger partial charge is 0.494 e. The molecule has 0 saturated carbocycles. The smallest absolute Gasteiger partial charge is 0.337 e. The number of fused-ring (bicyclic) bond motifs is 1. The number of nitrogens with zero attached hydrogens (tertiary/aromatic N) is 4. The highest BCUT2D eigenvalue weighted by Crippen LogP contribution is 2.40. The molecular formula is C38H44Cl2N6O4. The van der Waals surface area contributed by atoms with Crippen LogP contribution in [0.5, 0.6) is 5.75 Å². The Morgan fingerprint density at radius 1 is 0.980 bits per heavy atom. The summed E-state index contributed by atoms with van der Waals surface area (Å²) in [4.78, 5) is 33.6. The van der Waals surface area contributed by atoms with Crippen LogP contribution >= 0.6 is 23.2 Å². The Bertz CT molecular complexity index is 2060. The maximum atomic E-state index is 14.2. The summed E-state index contributed by atoms with van der Waals surface area (Å²) >= 11 is 13.2. The average Bonchev–Trinajstić information content (AvgIpc) is 3.55. The van der Waals surface area contributed by atoms with E-state index < -0.39 is 5.97 Å². The number of halogens is 2. The molecule has 2 heterocycles. The summed E-state index contributed by atoms with van der Waals surface area (Å²) < 4.78 is 7.94. The van der Waals surface area contributed by atoms with Crippen LogP contribution in [0.1, 0.15) is 55.3 Å². The molecule has 0 fully saturated rings. The summed E-state index contributed by atoms with van der Waals surface area (Å²) in [6.07, 6.45) is 1.17. The number of carboxylic acids is 1. The van der Waals surface area contributed by atoms with E-state index in [1.807, 2.05) is 94.6 Å². The zero-order valence-electron chi connectivity index (χ0n) is 29.8. The van der Waals surface area contributed by atoms with Crippen LogP contribution < -0.4 is 15.0 Å². The maximum absolute atomic E-state index is 14.2. The molecule has 3 N–H and O–H groups in total. The number of carbonyl (C=O) groups excluding carboxylic acids is 1. The Hall–Kier alpha value is -4.51. The van der Waals surface area contributed by atoms with Crippen LogP contribution in [0.15, 0.2) is 42.5 Å². The number of H-pyrrole nitrogens is 1. The maximum Gasteiger partial charge on any atom is 0.337 e. The molecule has 0 atom stereocenters. The van der Waals surface area contributed by atoms with Gasteiger partial charge in [-0.15, -0.1) is 0 Å². The van der Waals surface area contributed by atoms with Crippen LogP contribution in [0, 0.1) is 27.7 Å². The number of ether oxygens (including phenoxy) is 1. The molecule has 10 nitrogen and oxygen atoms in total. The predicted molar refractivity (Wildman–Crippen MR) is 203 cm³/mol. The Labute approximate surface area is 302 Å². The van der Waals surface area contributed by atoms with Gasteiger partial charge < -0.3 is 29.9 Å². The highest BCUT2D eigenvalue weighted by atomic mass is 35.5. The second-order valence-corrected chi connectivity index (χ2v) is 13.8. The minimum absolute atomic E-state index is 0.156. The number of hydrogen-bond donors (Lipinski definition) is 3.